The maximum absolute atomic E-state index is 12.0. The van der Waals surface area contributed by atoms with Crippen LogP contribution in [0.5, 0.6) is 0 Å². The third-order valence-corrected chi connectivity index (χ3v) is 3.69. The molecule has 0 unspecified atom stereocenters. The highest BCUT2D eigenvalue weighted by Gasteiger charge is 2.24. The topological polar surface area (TPSA) is 84.2 Å². The van der Waals surface area contributed by atoms with Crippen LogP contribution in [-0.2, 0) is 4.79 Å². The van der Waals surface area contributed by atoms with Crippen LogP contribution in [0.3, 0.4) is 0 Å². The molecule has 0 radical (unpaired) electrons. The number of hydrogen-bond donors (Lipinski definition) is 3. The van der Waals surface area contributed by atoms with E-state index in [9.17, 15) is 9.59 Å². The molecule has 5 nitrogen and oxygen atoms in total. The fraction of sp³-hybridized carbons (Fsp3) is 0.500. The van der Waals surface area contributed by atoms with Gasteiger partial charge < -0.3 is 16.4 Å². The number of anilines is 1. The van der Waals surface area contributed by atoms with E-state index >= 15 is 0 Å². The van der Waals surface area contributed by atoms with E-state index in [1.54, 1.807) is 12.1 Å². The highest BCUT2D eigenvalue weighted by atomic mass is 16.2. The summed E-state index contributed by atoms with van der Waals surface area (Å²) in [6.45, 7) is 5.69. The van der Waals surface area contributed by atoms with E-state index in [2.05, 4.69) is 10.6 Å². The molecule has 2 amide bonds. The first kappa shape index (κ1) is 15.5. The smallest absolute Gasteiger partial charge is 0.251 e. The van der Waals surface area contributed by atoms with Gasteiger partial charge in [0.1, 0.15) is 0 Å². The molecule has 2 rings (SSSR count). The Bertz CT molecular complexity index is 550. The van der Waals surface area contributed by atoms with Crippen molar-refractivity contribution in [3.05, 3.63) is 29.3 Å². The Morgan fingerprint density at radius 3 is 2.52 bits per heavy atom. The van der Waals surface area contributed by atoms with Gasteiger partial charge in [-0.15, -0.1) is 0 Å². The zero-order valence-corrected chi connectivity index (χ0v) is 12.8. The number of amides is 2. The Morgan fingerprint density at radius 2 is 1.95 bits per heavy atom. The number of carbonyl (C=O) groups excluding carboxylic acids is 2. The van der Waals surface area contributed by atoms with Gasteiger partial charge in [0.05, 0.1) is 6.04 Å². The third-order valence-electron chi connectivity index (χ3n) is 3.69. The highest BCUT2D eigenvalue weighted by Crippen LogP contribution is 2.21. The van der Waals surface area contributed by atoms with E-state index in [0.29, 0.717) is 17.3 Å². The molecule has 1 aromatic rings. The van der Waals surface area contributed by atoms with Gasteiger partial charge in [-0.1, -0.05) is 19.9 Å². The van der Waals surface area contributed by atoms with Crippen LogP contribution < -0.4 is 16.4 Å². The maximum Gasteiger partial charge on any atom is 0.251 e. The largest absolute Gasteiger partial charge is 0.349 e. The number of benzene rings is 1. The van der Waals surface area contributed by atoms with Crippen LogP contribution in [0.1, 0.15) is 42.6 Å². The van der Waals surface area contributed by atoms with Gasteiger partial charge in [-0.2, -0.15) is 0 Å². The van der Waals surface area contributed by atoms with E-state index in [0.717, 1.165) is 18.4 Å². The van der Waals surface area contributed by atoms with Crippen LogP contribution in [0.2, 0.25) is 0 Å². The first-order valence-corrected chi connectivity index (χ1v) is 7.36. The SMILES string of the molecule is Cc1ccc(C(=O)NC2CC2)cc1NC(=O)[C@@H](N)C(C)C. The average Bonchev–Trinajstić information content (AvgIpc) is 3.23. The molecule has 0 spiro atoms. The molecule has 1 aliphatic carbocycles. The normalized spacial score (nSPS) is 15.7. The van der Waals surface area contributed by atoms with Gasteiger partial charge in [0.15, 0.2) is 0 Å². The quantitative estimate of drug-likeness (QED) is 0.773. The molecule has 5 heteroatoms. The number of aryl methyl sites for hydroxylation is 1. The van der Waals surface area contributed by atoms with Gasteiger partial charge in [-0.25, -0.2) is 0 Å². The Kier molecular flexibility index (Phi) is 4.63. The lowest BCUT2D eigenvalue weighted by Gasteiger charge is -2.17. The fourth-order valence-electron chi connectivity index (χ4n) is 1.91. The molecule has 0 aliphatic heterocycles. The minimum absolute atomic E-state index is 0.0617. The molecule has 1 saturated carbocycles. The van der Waals surface area contributed by atoms with Crippen molar-refractivity contribution in [1.82, 2.24) is 5.32 Å². The minimum atomic E-state index is -0.562. The molecule has 1 fully saturated rings. The van der Waals surface area contributed by atoms with Gasteiger partial charge in [0.25, 0.3) is 5.91 Å². The molecule has 0 aromatic heterocycles. The summed E-state index contributed by atoms with van der Waals surface area (Å²) in [6, 6.07) is 5.06. The van der Waals surface area contributed by atoms with Crippen LogP contribution in [-0.4, -0.2) is 23.9 Å². The summed E-state index contributed by atoms with van der Waals surface area (Å²) in [5, 5.41) is 5.75. The predicted octanol–water partition coefficient (Wildman–Crippen LogP) is 1.81. The zero-order valence-electron chi connectivity index (χ0n) is 12.8. The number of hydrogen-bond acceptors (Lipinski definition) is 3. The van der Waals surface area contributed by atoms with E-state index in [1.165, 1.54) is 0 Å². The summed E-state index contributed by atoms with van der Waals surface area (Å²) in [7, 11) is 0. The fourth-order valence-corrected chi connectivity index (χ4v) is 1.91. The second kappa shape index (κ2) is 6.26. The minimum Gasteiger partial charge on any atom is -0.349 e. The molecule has 0 saturated heterocycles. The Hall–Kier alpha value is -1.88. The second-order valence-electron chi connectivity index (χ2n) is 6.04. The van der Waals surface area contributed by atoms with E-state index in [1.807, 2.05) is 26.8 Å². The summed E-state index contributed by atoms with van der Waals surface area (Å²) >= 11 is 0. The first-order chi connectivity index (χ1) is 9.88. The number of carbonyl (C=O) groups is 2. The van der Waals surface area contributed by atoms with Gasteiger partial charge >= 0.3 is 0 Å². The van der Waals surface area contributed by atoms with Crippen LogP contribution in [0.15, 0.2) is 18.2 Å². The van der Waals surface area contributed by atoms with E-state index < -0.39 is 6.04 Å². The van der Waals surface area contributed by atoms with Gasteiger partial charge in [-0.05, 0) is 43.4 Å². The van der Waals surface area contributed by atoms with Crippen LogP contribution >= 0.6 is 0 Å². The lowest BCUT2D eigenvalue weighted by atomic mass is 10.0. The number of nitrogens with two attached hydrogens (primary N) is 1. The standard InChI is InChI=1S/C16H23N3O2/c1-9(2)14(17)16(21)19-13-8-11(5-4-10(13)3)15(20)18-12-6-7-12/h4-5,8-9,12,14H,6-7,17H2,1-3H3,(H,18,20)(H,19,21)/t14-/m0/s1. The summed E-state index contributed by atoms with van der Waals surface area (Å²) < 4.78 is 0. The van der Waals surface area contributed by atoms with Gasteiger partial charge in [0.2, 0.25) is 5.91 Å². The van der Waals surface area contributed by atoms with Gasteiger partial charge in [-0.3, -0.25) is 9.59 Å². The predicted molar refractivity (Wildman–Crippen MR) is 83.1 cm³/mol. The Balaban J connectivity index is 2.11. The maximum atomic E-state index is 12.0. The van der Waals surface area contributed by atoms with Crippen molar-refractivity contribution in [2.24, 2.45) is 11.7 Å². The van der Waals surface area contributed by atoms with Crippen molar-refractivity contribution in [2.75, 3.05) is 5.32 Å². The van der Waals surface area contributed by atoms with Crippen LogP contribution in [0.4, 0.5) is 5.69 Å². The first-order valence-electron chi connectivity index (χ1n) is 7.36. The Labute approximate surface area is 125 Å². The molecule has 4 N–H and O–H groups in total. The lowest BCUT2D eigenvalue weighted by Crippen LogP contribution is -2.40. The number of rotatable bonds is 5. The number of nitrogens with one attached hydrogen (secondary N) is 2. The highest BCUT2D eigenvalue weighted by molar-refractivity contribution is 5.99. The summed E-state index contributed by atoms with van der Waals surface area (Å²) in [5.41, 5.74) is 7.94. The van der Waals surface area contributed by atoms with Crippen molar-refractivity contribution >= 4 is 17.5 Å². The summed E-state index contributed by atoms with van der Waals surface area (Å²) in [6.07, 6.45) is 2.09. The lowest BCUT2D eigenvalue weighted by molar-refractivity contribution is -0.118. The molecule has 21 heavy (non-hydrogen) atoms. The van der Waals surface area contributed by atoms with E-state index in [4.69, 9.17) is 5.73 Å². The molecule has 1 aromatic carbocycles. The van der Waals surface area contributed by atoms with Crippen molar-refractivity contribution < 1.29 is 9.59 Å². The van der Waals surface area contributed by atoms with E-state index in [-0.39, 0.29) is 17.7 Å². The van der Waals surface area contributed by atoms with Crippen molar-refractivity contribution in [1.29, 1.82) is 0 Å². The van der Waals surface area contributed by atoms with Crippen molar-refractivity contribution in [2.45, 2.75) is 45.7 Å². The van der Waals surface area contributed by atoms with Crippen molar-refractivity contribution in [3.8, 4) is 0 Å². The molecule has 0 bridgehead atoms. The molecule has 0 heterocycles. The Morgan fingerprint density at radius 1 is 1.29 bits per heavy atom. The molecule has 114 valence electrons. The zero-order chi connectivity index (χ0) is 15.6. The van der Waals surface area contributed by atoms with Crippen LogP contribution in [0.25, 0.3) is 0 Å². The third kappa shape index (κ3) is 4.04. The van der Waals surface area contributed by atoms with Crippen molar-refractivity contribution in [3.63, 3.8) is 0 Å². The molecule has 1 aliphatic rings. The summed E-state index contributed by atoms with van der Waals surface area (Å²) in [4.78, 5) is 24.1. The average molecular weight is 289 g/mol. The second-order valence-corrected chi connectivity index (χ2v) is 6.04. The summed E-state index contributed by atoms with van der Waals surface area (Å²) in [5.74, 6) is -0.263. The molecular weight excluding hydrogens is 266 g/mol. The monoisotopic (exact) mass is 289 g/mol. The molecular formula is C16H23N3O2. The molecule has 1 atom stereocenters. The van der Waals surface area contributed by atoms with Crippen LogP contribution in [0, 0.1) is 12.8 Å². The van der Waals surface area contributed by atoms with Gasteiger partial charge in [0, 0.05) is 17.3 Å².